The molecule has 1 saturated heterocycles. The Morgan fingerprint density at radius 2 is 2.11 bits per heavy atom. The molecule has 1 fully saturated rings. The molecule has 0 aromatic carbocycles. The van der Waals surface area contributed by atoms with Crippen LogP contribution in [0.5, 0.6) is 0 Å². The lowest BCUT2D eigenvalue weighted by atomic mass is 9.99. The highest BCUT2D eigenvalue weighted by Crippen LogP contribution is 2.16. The summed E-state index contributed by atoms with van der Waals surface area (Å²) in [6.07, 6.45) is 1.48. The van der Waals surface area contributed by atoms with Crippen LogP contribution in [-0.4, -0.2) is 67.3 Å². The van der Waals surface area contributed by atoms with Crippen LogP contribution in [-0.2, 0) is 9.47 Å². The zero-order chi connectivity index (χ0) is 14.1. The van der Waals surface area contributed by atoms with Gasteiger partial charge in [0, 0.05) is 18.4 Å². The maximum absolute atomic E-state index is 11.4. The van der Waals surface area contributed by atoms with Crippen molar-refractivity contribution in [1.29, 1.82) is 0 Å². The number of carbonyl (C=O) groups is 1. The molecule has 0 spiro atoms. The van der Waals surface area contributed by atoms with E-state index in [4.69, 9.17) is 19.7 Å². The SMILES string of the molecule is CCN1CCCC(COC(=O)OCC(CO)CO)C1. The van der Waals surface area contributed by atoms with Crippen molar-refractivity contribution in [1.82, 2.24) is 4.90 Å². The van der Waals surface area contributed by atoms with Crippen molar-refractivity contribution in [3.8, 4) is 0 Å². The number of aliphatic hydroxyl groups is 2. The standard InChI is InChI=1S/C13H25NO5/c1-2-14-5-3-4-11(6-14)9-18-13(17)19-10-12(7-15)8-16/h11-12,15-16H,2-10H2,1H3. The normalized spacial score (nSPS) is 20.5. The van der Waals surface area contributed by atoms with E-state index < -0.39 is 12.1 Å². The summed E-state index contributed by atoms with van der Waals surface area (Å²) < 4.78 is 9.90. The Kier molecular flexibility index (Phi) is 7.78. The molecule has 0 bridgehead atoms. The largest absolute Gasteiger partial charge is 0.508 e. The van der Waals surface area contributed by atoms with Crippen LogP contribution in [0.2, 0.25) is 0 Å². The van der Waals surface area contributed by atoms with Crippen molar-refractivity contribution in [2.24, 2.45) is 11.8 Å². The molecule has 6 nitrogen and oxygen atoms in total. The lowest BCUT2D eigenvalue weighted by Crippen LogP contribution is -2.37. The Morgan fingerprint density at radius 1 is 1.37 bits per heavy atom. The first-order chi connectivity index (χ1) is 9.19. The zero-order valence-electron chi connectivity index (χ0n) is 11.6. The fraction of sp³-hybridized carbons (Fsp3) is 0.923. The molecule has 0 aromatic heterocycles. The number of nitrogens with zero attached hydrogens (tertiary/aromatic N) is 1. The van der Waals surface area contributed by atoms with E-state index in [1.807, 2.05) is 0 Å². The molecule has 1 heterocycles. The molecule has 1 rings (SSSR count). The first kappa shape index (κ1) is 16.2. The van der Waals surface area contributed by atoms with Crippen LogP contribution in [0.3, 0.4) is 0 Å². The Bertz CT molecular complexity index is 257. The second-order valence-corrected chi connectivity index (χ2v) is 5.00. The number of aliphatic hydroxyl groups excluding tert-OH is 2. The molecular weight excluding hydrogens is 250 g/mol. The van der Waals surface area contributed by atoms with Gasteiger partial charge in [0.25, 0.3) is 0 Å². The van der Waals surface area contributed by atoms with Crippen molar-refractivity contribution in [2.75, 3.05) is 46.1 Å². The second kappa shape index (κ2) is 9.12. The number of rotatable bonds is 7. The van der Waals surface area contributed by atoms with Gasteiger partial charge in [-0.1, -0.05) is 6.92 Å². The Hall–Kier alpha value is -0.850. The van der Waals surface area contributed by atoms with Crippen molar-refractivity contribution in [3.05, 3.63) is 0 Å². The molecule has 1 aliphatic heterocycles. The van der Waals surface area contributed by atoms with Gasteiger partial charge >= 0.3 is 6.16 Å². The Balaban J connectivity index is 2.15. The van der Waals surface area contributed by atoms with Gasteiger partial charge in [-0.3, -0.25) is 0 Å². The number of likely N-dealkylation sites (tertiary alicyclic amines) is 1. The fourth-order valence-corrected chi connectivity index (χ4v) is 2.15. The number of hydrogen-bond donors (Lipinski definition) is 2. The van der Waals surface area contributed by atoms with Gasteiger partial charge in [0.15, 0.2) is 0 Å². The van der Waals surface area contributed by atoms with Crippen LogP contribution in [0.15, 0.2) is 0 Å². The maximum atomic E-state index is 11.4. The number of hydrogen-bond acceptors (Lipinski definition) is 6. The number of carbonyl (C=O) groups excluding carboxylic acids is 1. The van der Waals surface area contributed by atoms with Crippen molar-refractivity contribution in [2.45, 2.75) is 19.8 Å². The quantitative estimate of drug-likeness (QED) is 0.658. The topological polar surface area (TPSA) is 79.2 Å². The Morgan fingerprint density at radius 3 is 2.74 bits per heavy atom. The van der Waals surface area contributed by atoms with Gasteiger partial charge in [-0.05, 0) is 25.9 Å². The van der Waals surface area contributed by atoms with Gasteiger partial charge in [0.05, 0.1) is 19.8 Å². The number of ether oxygens (including phenoxy) is 2. The molecule has 112 valence electrons. The van der Waals surface area contributed by atoms with E-state index in [1.165, 1.54) is 0 Å². The maximum Gasteiger partial charge on any atom is 0.508 e. The lowest BCUT2D eigenvalue weighted by molar-refractivity contribution is 0.0112. The van der Waals surface area contributed by atoms with Gasteiger partial charge < -0.3 is 24.6 Å². The average molecular weight is 275 g/mol. The Labute approximate surface area is 114 Å². The van der Waals surface area contributed by atoms with Crippen molar-refractivity contribution < 1.29 is 24.5 Å². The van der Waals surface area contributed by atoms with Crippen LogP contribution < -0.4 is 0 Å². The van der Waals surface area contributed by atoms with Gasteiger partial charge in [-0.2, -0.15) is 0 Å². The predicted octanol–water partition coefficient (Wildman–Crippen LogP) is 0.472. The average Bonchev–Trinajstić information content (AvgIpc) is 2.46. The second-order valence-electron chi connectivity index (χ2n) is 5.00. The van der Waals surface area contributed by atoms with E-state index >= 15 is 0 Å². The summed E-state index contributed by atoms with van der Waals surface area (Å²) in [7, 11) is 0. The van der Waals surface area contributed by atoms with Crippen LogP contribution in [0.25, 0.3) is 0 Å². The fourth-order valence-electron chi connectivity index (χ4n) is 2.15. The highest BCUT2D eigenvalue weighted by molar-refractivity contribution is 5.59. The summed E-state index contributed by atoms with van der Waals surface area (Å²) in [5.41, 5.74) is 0. The molecule has 0 saturated carbocycles. The smallest absolute Gasteiger partial charge is 0.434 e. The van der Waals surface area contributed by atoms with Crippen molar-refractivity contribution >= 4 is 6.16 Å². The molecule has 1 atom stereocenters. The van der Waals surface area contributed by atoms with Crippen LogP contribution in [0, 0.1) is 11.8 Å². The summed E-state index contributed by atoms with van der Waals surface area (Å²) >= 11 is 0. The summed E-state index contributed by atoms with van der Waals surface area (Å²) in [4.78, 5) is 13.7. The molecule has 2 N–H and O–H groups in total. The molecule has 6 heteroatoms. The van der Waals surface area contributed by atoms with Crippen LogP contribution in [0.1, 0.15) is 19.8 Å². The molecule has 1 aliphatic rings. The highest BCUT2D eigenvalue weighted by atomic mass is 16.7. The van der Waals surface area contributed by atoms with E-state index in [0.717, 1.165) is 32.5 Å². The van der Waals surface area contributed by atoms with E-state index in [9.17, 15) is 4.79 Å². The van der Waals surface area contributed by atoms with Crippen molar-refractivity contribution in [3.63, 3.8) is 0 Å². The van der Waals surface area contributed by atoms with E-state index in [-0.39, 0.29) is 19.8 Å². The zero-order valence-corrected chi connectivity index (χ0v) is 11.6. The molecule has 0 amide bonds. The third-order valence-electron chi connectivity index (χ3n) is 3.44. The van der Waals surface area contributed by atoms with Gasteiger partial charge in [0.2, 0.25) is 0 Å². The van der Waals surface area contributed by atoms with E-state index in [2.05, 4.69) is 11.8 Å². The number of piperidine rings is 1. The predicted molar refractivity (Wildman–Crippen MR) is 69.8 cm³/mol. The van der Waals surface area contributed by atoms with Gasteiger partial charge in [-0.15, -0.1) is 0 Å². The summed E-state index contributed by atoms with van der Waals surface area (Å²) in [5, 5.41) is 17.7. The molecule has 1 unspecified atom stereocenters. The molecule has 19 heavy (non-hydrogen) atoms. The first-order valence-electron chi connectivity index (χ1n) is 6.93. The molecule has 0 radical (unpaired) electrons. The highest BCUT2D eigenvalue weighted by Gasteiger charge is 2.20. The van der Waals surface area contributed by atoms with E-state index in [0.29, 0.717) is 12.5 Å². The summed E-state index contributed by atoms with van der Waals surface area (Å²) in [6.45, 7) is 5.16. The summed E-state index contributed by atoms with van der Waals surface area (Å²) in [6, 6.07) is 0. The lowest BCUT2D eigenvalue weighted by Gasteiger charge is -2.31. The minimum absolute atomic E-state index is 0.0163. The van der Waals surface area contributed by atoms with Gasteiger partial charge in [-0.25, -0.2) is 4.79 Å². The third kappa shape index (κ3) is 6.22. The minimum atomic E-state index is -0.722. The van der Waals surface area contributed by atoms with Gasteiger partial charge in [0.1, 0.15) is 6.61 Å². The molecule has 0 aliphatic carbocycles. The minimum Gasteiger partial charge on any atom is -0.434 e. The monoisotopic (exact) mass is 275 g/mol. The molecular formula is C13H25NO5. The first-order valence-corrected chi connectivity index (χ1v) is 6.93. The van der Waals surface area contributed by atoms with Crippen LogP contribution in [0.4, 0.5) is 4.79 Å². The third-order valence-corrected chi connectivity index (χ3v) is 3.44. The summed E-state index contributed by atoms with van der Waals surface area (Å²) in [5.74, 6) is -0.0643. The van der Waals surface area contributed by atoms with E-state index in [1.54, 1.807) is 0 Å². The van der Waals surface area contributed by atoms with Crippen LogP contribution >= 0.6 is 0 Å². The molecule has 0 aromatic rings.